The molecule has 1 N–H and O–H groups in total. The fraction of sp³-hybridized carbons (Fsp3) is 0.316. The van der Waals surface area contributed by atoms with Gasteiger partial charge in [0, 0.05) is 5.69 Å². The highest BCUT2D eigenvalue weighted by Crippen LogP contribution is 2.15. The quantitative estimate of drug-likeness (QED) is 0.655. The maximum atomic E-state index is 11.9. The van der Waals surface area contributed by atoms with Gasteiger partial charge in [0.05, 0.1) is 19.5 Å². The molecule has 1 amide bonds. The van der Waals surface area contributed by atoms with Crippen LogP contribution in [0.2, 0.25) is 0 Å². The molecule has 128 valence electrons. The lowest BCUT2D eigenvalue weighted by Gasteiger charge is -2.07. The molecule has 0 atom stereocenters. The van der Waals surface area contributed by atoms with E-state index in [2.05, 4.69) is 5.32 Å². The normalized spacial score (nSPS) is 10.2. The van der Waals surface area contributed by atoms with Crippen LogP contribution < -0.4 is 14.8 Å². The van der Waals surface area contributed by atoms with Crippen LogP contribution in [-0.4, -0.2) is 31.1 Å². The summed E-state index contributed by atoms with van der Waals surface area (Å²) < 4.78 is 10.7. The molecule has 0 radical (unpaired) electrons. The first-order valence-electron chi connectivity index (χ1n) is 7.97. The Labute approximate surface area is 147 Å². The zero-order chi connectivity index (χ0) is 17.0. The second-order valence-electron chi connectivity index (χ2n) is 5.20. The van der Waals surface area contributed by atoms with E-state index in [0.717, 1.165) is 35.8 Å². The van der Waals surface area contributed by atoms with Crippen LogP contribution in [0, 0.1) is 0 Å². The Hall–Kier alpha value is -2.14. The number of amides is 1. The molecule has 0 aliphatic carbocycles. The van der Waals surface area contributed by atoms with Crippen molar-refractivity contribution >= 4 is 23.4 Å². The molecule has 0 aliphatic rings. The topological polar surface area (TPSA) is 47.6 Å². The minimum atomic E-state index is 0.0192. The smallest absolute Gasteiger partial charge is 0.234 e. The number of unbranched alkanes of at least 4 members (excludes halogenated alkanes) is 1. The van der Waals surface area contributed by atoms with Crippen molar-refractivity contribution in [3.63, 3.8) is 0 Å². The lowest BCUT2D eigenvalue weighted by atomic mass is 10.3. The molecule has 0 heterocycles. The lowest BCUT2D eigenvalue weighted by molar-refractivity contribution is -0.113. The van der Waals surface area contributed by atoms with Crippen LogP contribution in [0.3, 0.4) is 0 Å². The number of nitrogens with one attached hydrogen (secondary N) is 1. The SMILES string of the molecule is COc1ccc(NC(=O)CSCCCCOc2ccccc2)cc1. The standard InChI is InChI=1S/C19H23NO3S/c1-22-17-11-9-16(10-12-17)20-19(21)15-24-14-6-5-13-23-18-7-3-2-4-8-18/h2-4,7-12H,5-6,13-15H2,1H3,(H,20,21). The van der Waals surface area contributed by atoms with E-state index < -0.39 is 0 Å². The highest BCUT2D eigenvalue weighted by Gasteiger charge is 2.03. The molecule has 0 saturated carbocycles. The fourth-order valence-electron chi connectivity index (χ4n) is 2.05. The predicted molar refractivity (Wildman–Crippen MR) is 100 cm³/mol. The van der Waals surface area contributed by atoms with Crippen molar-refractivity contribution < 1.29 is 14.3 Å². The lowest BCUT2D eigenvalue weighted by Crippen LogP contribution is -2.14. The second-order valence-corrected chi connectivity index (χ2v) is 6.30. The number of benzene rings is 2. The molecule has 0 aliphatic heterocycles. The van der Waals surface area contributed by atoms with Gasteiger partial charge in [-0.05, 0) is 55.0 Å². The Morgan fingerprint density at radius 3 is 2.46 bits per heavy atom. The van der Waals surface area contributed by atoms with Crippen molar-refractivity contribution in [2.24, 2.45) is 0 Å². The van der Waals surface area contributed by atoms with E-state index in [4.69, 9.17) is 9.47 Å². The maximum absolute atomic E-state index is 11.9. The Kier molecular flexibility index (Phi) is 8.04. The molecule has 2 rings (SSSR count). The van der Waals surface area contributed by atoms with Gasteiger partial charge in [-0.1, -0.05) is 18.2 Å². The number of ether oxygens (including phenoxy) is 2. The third-order valence-corrected chi connectivity index (χ3v) is 4.35. The van der Waals surface area contributed by atoms with E-state index in [1.807, 2.05) is 54.6 Å². The van der Waals surface area contributed by atoms with Crippen molar-refractivity contribution in [3.8, 4) is 11.5 Å². The van der Waals surface area contributed by atoms with Gasteiger partial charge in [0.2, 0.25) is 5.91 Å². The van der Waals surface area contributed by atoms with Crippen LogP contribution >= 0.6 is 11.8 Å². The Balaban J connectivity index is 1.51. The number of hydrogen-bond acceptors (Lipinski definition) is 4. The van der Waals surface area contributed by atoms with E-state index >= 15 is 0 Å². The molecule has 0 unspecified atom stereocenters. The summed E-state index contributed by atoms with van der Waals surface area (Å²) in [6, 6.07) is 17.1. The van der Waals surface area contributed by atoms with E-state index in [9.17, 15) is 4.79 Å². The Bertz CT molecular complexity index is 602. The van der Waals surface area contributed by atoms with Gasteiger partial charge in [-0.15, -0.1) is 0 Å². The first-order chi connectivity index (χ1) is 11.8. The van der Waals surface area contributed by atoms with Gasteiger partial charge in [0.15, 0.2) is 0 Å². The van der Waals surface area contributed by atoms with Gasteiger partial charge in [-0.3, -0.25) is 4.79 Å². The van der Waals surface area contributed by atoms with Gasteiger partial charge in [-0.25, -0.2) is 0 Å². The summed E-state index contributed by atoms with van der Waals surface area (Å²) in [6.45, 7) is 0.711. The monoisotopic (exact) mass is 345 g/mol. The average molecular weight is 345 g/mol. The Morgan fingerprint density at radius 1 is 1.00 bits per heavy atom. The number of rotatable bonds is 10. The molecule has 2 aromatic rings. The summed E-state index contributed by atoms with van der Waals surface area (Å²) in [7, 11) is 1.62. The third kappa shape index (κ3) is 6.96. The molecule has 0 saturated heterocycles. The van der Waals surface area contributed by atoms with Gasteiger partial charge in [0.1, 0.15) is 11.5 Å². The predicted octanol–water partition coefficient (Wildman–Crippen LogP) is 4.23. The summed E-state index contributed by atoms with van der Waals surface area (Å²) in [5.74, 6) is 3.12. The number of carbonyl (C=O) groups is 1. The number of anilines is 1. The summed E-state index contributed by atoms with van der Waals surface area (Å²) >= 11 is 1.64. The molecule has 0 fully saturated rings. The fourth-order valence-corrected chi connectivity index (χ4v) is 2.86. The number of hydrogen-bond donors (Lipinski definition) is 1. The first-order valence-corrected chi connectivity index (χ1v) is 9.13. The van der Waals surface area contributed by atoms with Crippen molar-refractivity contribution in [2.45, 2.75) is 12.8 Å². The molecule has 0 bridgehead atoms. The highest BCUT2D eigenvalue weighted by atomic mass is 32.2. The maximum Gasteiger partial charge on any atom is 0.234 e. The van der Waals surface area contributed by atoms with Gasteiger partial charge < -0.3 is 14.8 Å². The molecule has 0 aromatic heterocycles. The van der Waals surface area contributed by atoms with Crippen LogP contribution in [0.4, 0.5) is 5.69 Å². The van der Waals surface area contributed by atoms with Gasteiger partial charge >= 0.3 is 0 Å². The summed E-state index contributed by atoms with van der Waals surface area (Å²) in [6.07, 6.45) is 2.02. The number of para-hydroxylation sites is 1. The highest BCUT2D eigenvalue weighted by molar-refractivity contribution is 7.99. The first kappa shape index (κ1) is 18.2. The van der Waals surface area contributed by atoms with Gasteiger partial charge in [-0.2, -0.15) is 11.8 Å². The molecular weight excluding hydrogens is 322 g/mol. The minimum absolute atomic E-state index is 0.0192. The molecule has 4 nitrogen and oxygen atoms in total. The van der Waals surface area contributed by atoms with Crippen molar-refractivity contribution in [3.05, 3.63) is 54.6 Å². The molecule has 0 spiro atoms. The van der Waals surface area contributed by atoms with Crippen LogP contribution in [0.5, 0.6) is 11.5 Å². The van der Waals surface area contributed by atoms with Crippen molar-refractivity contribution in [2.75, 3.05) is 30.5 Å². The molecule has 24 heavy (non-hydrogen) atoms. The molecular formula is C19H23NO3S. The van der Waals surface area contributed by atoms with Crippen LogP contribution in [0.15, 0.2) is 54.6 Å². The van der Waals surface area contributed by atoms with E-state index in [-0.39, 0.29) is 5.91 Å². The number of methoxy groups -OCH3 is 1. The minimum Gasteiger partial charge on any atom is -0.497 e. The summed E-state index contributed by atoms with van der Waals surface area (Å²) in [4.78, 5) is 11.9. The Morgan fingerprint density at radius 2 is 1.75 bits per heavy atom. The van der Waals surface area contributed by atoms with E-state index in [0.29, 0.717) is 12.4 Å². The van der Waals surface area contributed by atoms with Crippen LogP contribution in [0.1, 0.15) is 12.8 Å². The van der Waals surface area contributed by atoms with Gasteiger partial charge in [0.25, 0.3) is 0 Å². The second kappa shape index (κ2) is 10.6. The van der Waals surface area contributed by atoms with E-state index in [1.165, 1.54) is 0 Å². The van der Waals surface area contributed by atoms with Crippen molar-refractivity contribution in [1.82, 2.24) is 0 Å². The van der Waals surface area contributed by atoms with E-state index in [1.54, 1.807) is 18.9 Å². The zero-order valence-electron chi connectivity index (χ0n) is 13.9. The third-order valence-electron chi connectivity index (χ3n) is 3.30. The summed E-state index contributed by atoms with van der Waals surface area (Å²) in [5, 5.41) is 2.88. The number of carbonyl (C=O) groups excluding carboxylic acids is 1. The van der Waals surface area contributed by atoms with Crippen LogP contribution in [0.25, 0.3) is 0 Å². The molecule has 5 heteroatoms. The zero-order valence-corrected chi connectivity index (χ0v) is 14.7. The largest absolute Gasteiger partial charge is 0.497 e. The molecule has 2 aromatic carbocycles. The van der Waals surface area contributed by atoms with Crippen molar-refractivity contribution in [1.29, 1.82) is 0 Å². The average Bonchev–Trinajstić information content (AvgIpc) is 2.62. The summed E-state index contributed by atoms with van der Waals surface area (Å²) in [5.41, 5.74) is 0.790. The number of thioether (sulfide) groups is 1. The van der Waals surface area contributed by atoms with Crippen LogP contribution in [-0.2, 0) is 4.79 Å².